The van der Waals surface area contributed by atoms with Crippen molar-refractivity contribution in [2.75, 3.05) is 0 Å². The third-order valence-electron chi connectivity index (χ3n) is 4.05. The molecule has 0 amide bonds. The molecule has 3 aromatic rings. The minimum absolute atomic E-state index is 0.281. The fraction of sp³-hybridized carbons (Fsp3) is 0.200. The number of benzene rings is 1. The van der Waals surface area contributed by atoms with E-state index in [2.05, 4.69) is 4.42 Å². The normalized spacial score (nSPS) is 11.4. The molecule has 3 rings (SSSR count). The highest BCUT2D eigenvalue weighted by molar-refractivity contribution is 6.05. The lowest BCUT2D eigenvalue weighted by Crippen LogP contribution is -2.23. The number of fused-ring (bicyclic) bond motifs is 3. The average molecular weight is 370 g/mol. The van der Waals surface area contributed by atoms with Crippen molar-refractivity contribution in [3.05, 3.63) is 53.9 Å². The number of rotatable bonds is 2. The predicted molar refractivity (Wildman–Crippen MR) is 82.9 cm³/mol. The van der Waals surface area contributed by atoms with Gasteiger partial charge in [0, 0.05) is 12.1 Å². The Balaban J connectivity index is 2.84. The smallest absolute Gasteiger partial charge is 0.419 e. The summed E-state index contributed by atoms with van der Waals surface area (Å²) >= 11 is 0. The Morgan fingerprint density at radius 2 is 1.77 bits per heavy atom. The summed E-state index contributed by atoms with van der Waals surface area (Å²) in [6.45, 7) is 1.99. The fourth-order valence-electron chi connectivity index (χ4n) is 2.82. The van der Waals surface area contributed by atoms with E-state index in [-0.39, 0.29) is 6.54 Å². The lowest BCUT2D eigenvalue weighted by atomic mass is 10.1. The average Bonchev–Trinajstić information content (AvgIpc) is 2.56. The van der Waals surface area contributed by atoms with Crippen molar-refractivity contribution in [3.63, 3.8) is 0 Å². The van der Waals surface area contributed by atoms with Gasteiger partial charge in [0.25, 0.3) is 5.56 Å². The first-order chi connectivity index (χ1) is 12.1. The third kappa shape index (κ3) is 2.03. The number of hydrogen-bond donors (Lipinski definition) is 1. The maximum atomic E-state index is 14.6. The summed E-state index contributed by atoms with van der Waals surface area (Å²) in [7, 11) is 0. The molecule has 0 radical (unpaired) electrons. The standard InChI is InChI=1S/C15H9F3N2O6/c1-3-19-10-5(7(16)4(2)8(17)9(10)18)13-6(14(19)22)12(21)11(20(24)25)15(23)26-13/h21H,3H2,1-2H3. The number of aromatic nitrogens is 1. The molecule has 0 bridgehead atoms. The SMILES string of the molecule is CCn1c(=O)c2c(O)c([N+](=O)[O-])c(=O)oc2c2c(F)c(C)c(F)c(F)c21. The molecule has 2 heterocycles. The second-order valence-corrected chi connectivity index (χ2v) is 5.39. The van der Waals surface area contributed by atoms with E-state index in [1.165, 1.54) is 6.92 Å². The Hall–Kier alpha value is -3.37. The maximum Gasteiger partial charge on any atom is 0.419 e. The van der Waals surface area contributed by atoms with E-state index >= 15 is 0 Å². The van der Waals surface area contributed by atoms with E-state index in [0.29, 0.717) is 4.57 Å². The molecule has 8 nitrogen and oxygen atoms in total. The molecule has 0 unspecified atom stereocenters. The minimum Gasteiger partial charge on any atom is -0.501 e. The van der Waals surface area contributed by atoms with Crippen LogP contribution < -0.4 is 11.2 Å². The Bertz CT molecular complexity index is 1250. The van der Waals surface area contributed by atoms with Crippen LogP contribution in [-0.4, -0.2) is 14.6 Å². The van der Waals surface area contributed by atoms with Gasteiger partial charge in [0.05, 0.1) is 15.8 Å². The lowest BCUT2D eigenvalue weighted by Gasteiger charge is -2.14. The van der Waals surface area contributed by atoms with Crippen LogP contribution in [-0.2, 0) is 6.54 Å². The number of nitrogens with zero attached hydrogens (tertiary/aromatic N) is 2. The summed E-state index contributed by atoms with van der Waals surface area (Å²) in [5.41, 5.74) is -6.77. The van der Waals surface area contributed by atoms with E-state index in [9.17, 15) is 38.0 Å². The molecule has 26 heavy (non-hydrogen) atoms. The zero-order valence-corrected chi connectivity index (χ0v) is 13.2. The summed E-state index contributed by atoms with van der Waals surface area (Å²) in [5, 5.41) is 19.3. The topological polar surface area (TPSA) is 116 Å². The van der Waals surface area contributed by atoms with Crippen LogP contribution in [0.2, 0.25) is 0 Å². The Labute approximate surface area is 140 Å². The van der Waals surface area contributed by atoms with Crippen molar-refractivity contribution in [3.8, 4) is 5.75 Å². The van der Waals surface area contributed by atoms with Crippen LogP contribution >= 0.6 is 0 Å². The zero-order chi connectivity index (χ0) is 19.5. The second kappa shape index (κ2) is 5.58. The van der Waals surface area contributed by atoms with Gasteiger partial charge in [-0.1, -0.05) is 0 Å². The highest BCUT2D eigenvalue weighted by atomic mass is 19.2. The largest absolute Gasteiger partial charge is 0.501 e. The van der Waals surface area contributed by atoms with Gasteiger partial charge in [-0.3, -0.25) is 14.9 Å². The van der Waals surface area contributed by atoms with E-state index in [1.807, 2.05) is 0 Å². The summed E-state index contributed by atoms with van der Waals surface area (Å²) < 4.78 is 48.2. The van der Waals surface area contributed by atoms with Gasteiger partial charge in [-0.25, -0.2) is 18.0 Å². The molecule has 0 aliphatic carbocycles. The monoisotopic (exact) mass is 370 g/mol. The number of aromatic hydroxyl groups is 1. The molecule has 136 valence electrons. The first-order valence-electron chi connectivity index (χ1n) is 7.17. The van der Waals surface area contributed by atoms with E-state index in [0.717, 1.165) is 6.92 Å². The molecular weight excluding hydrogens is 361 g/mol. The summed E-state index contributed by atoms with van der Waals surface area (Å²) in [6.07, 6.45) is 0. The molecule has 2 aromatic heterocycles. The van der Waals surface area contributed by atoms with Crippen molar-refractivity contribution < 1.29 is 27.6 Å². The van der Waals surface area contributed by atoms with Crippen molar-refractivity contribution in [2.24, 2.45) is 0 Å². The van der Waals surface area contributed by atoms with Crippen LogP contribution in [0, 0.1) is 34.5 Å². The van der Waals surface area contributed by atoms with Crippen LogP contribution in [0.25, 0.3) is 21.9 Å². The molecule has 11 heteroatoms. The van der Waals surface area contributed by atoms with Crippen LogP contribution in [0.3, 0.4) is 0 Å². The van der Waals surface area contributed by atoms with Crippen LogP contribution in [0.15, 0.2) is 14.0 Å². The predicted octanol–water partition coefficient (Wildman–Crippen LogP) is 2.47. The van der Waals surface area contributed by atoms with Gasteiger partial charge in [0.15, 0.2) is 17.2 Å². The number of pyridine rings is 1. The molecule has 0 saturated heterocycles. The molecule has 1 aromatic carbocycles. The van der Waals surface area contributed by atoms with Gasteiger partial charge in [-0.2, -0.15) is 0 Å². The van der Waals surface area contributed by atoms with Gasteiger partial charge in [0.2, 0.25) is 5.75 Å². The third-order valence-corrected chi connectivity index (χ3v) is 4.05. The summed E-state index contributed by atoms with van der Waals surface area (Å²) in [6, 6.07) is 0. The molecule has 0 spiro atoms. The minimum atomic E-state index is -1.67. The number of halogens is 3. The summed E-state index contributed by atoms with van der Waals surface area (Å²) in [4.78, 5) is 34.0. The number of aryl methyl sites for hydroxylation is 1. The highest BCUT2D eigenvalue weighted by Gasteiger charge is 2.31. The molecule has 0 fully saturated rings. The van der Waals surface area contributed by atoms with E-state index in [4.69, 9.17) is 0 Å². The van der Waals surface area contributed by atoms with Crippen molar-refractivity contribution in [1.29, 1.82) is 0 Å². The van der Waals surface area contributed by atoms with Crippen LogP contribution in [0.4, 0.5) is 18.9 Å². The van der Waals surface area contributed by atoms with E-state index < -0.39 is 72.4 Å². The fourth-order valence-corrected chi connectivity index (χ4v) is 2.82. The number of hydrogen-bond acceptors (Lipinski definition) is 6. The Morgan fingerprint density at radius 1 is 1.15 bits per heavy atom. The first-order valence-corrected chi connectivity index (χ1v) is 7.17. The quantitative estimate of drug-likeness (QED) is 0.321. The summed E-state index contributed by atoms with van der Waals surface area (Å²) in [5.74, 6) is -5.76. The molecular formula is C15H9F3N2O6. The molecule has 0 atom stereocenters. The molecule has 0 saturated carbocycles. The number of nitro groups is 1. The zero-order valence-electron chi connectivity index (χ0n) is 13.2. The van der Waals surface area contributed by atoms with Crippen molar-refractivity contribution in [1.82, 2.24) is 4.57 Å². The van der Waals surface area contributed by atoms with Crippen molar-refractivity contribution >= 4 is 27.6 Å². The van der Waals surface area contributed by atoms with Crippen molar-refractivity contribution in [2.45, 2.75) is 20.4 Å². The second-order valence-electron chi connectivity index (χ2n) is 5.39. The van der Waals surface area contributed by atoms with Crippen LogP contribution in [0.1, 0.15) is 12.5 Å². The highest BCUT2D eigenvalue weighted by Crippen LogP contribution is 2.36. The van der Waals surface area contributed by atoms with Gasteiger partial charge >= 0.3 is 11.3 Å². The van der Waals surface area contributed by atoms with Crippen LogP contribution in [0.5, 0.6) is 5.75 Å². The van der Waals surface area contributed by atoms with E-state index in [1.54, 1.807) is 0 Å². The van der Waals surface area contributed by atoms with Gasteiger partial charge < -0.3 is 14.1 Å². The maximum absolute atomic E-state index is 14.6. The Morgan fingerprint density at radius 3 is 2.31 bits per heavy atom. The molecule has 0 aliphatic heterocycles. The van der Waals surface area contributed by atoms with Gasteiger partial charge in [-0.15, -0.1) is 0 Å². The van der Waals surface area contributed by atoms with Gasteiger partial charge in [-0.05, 0) is 13.8 Å². The molecule has 1 N–H and O–H groups in total. The molecule has 0 aliphatic rings. The van der Waals surface area contributed by atoms with Gasteiger partial charge in [0.1, 0.15) is 11.2 Å². The Kier molecular flexibility index (Phi) is 3.74. The first kappa shape index (κ1) is 17.5. The lowest BCUT2D eigenvalue weighted by molar-refractivity contribution is -0.388.